The van der Waals surface area contributed by atoms with E-state index in [0.717, 1.165) is 4.90 Å². The molecule has 1 N–H and O–H groups in total. The SMILES string of the molecule is O=C1CCC(N2C(=O)c3cc(CN4CCC(n5cc(-n6nccc6N6CCOCC6)c(C(F)F)n5)CC4)cc(F)c3C2=O)C(=O)N1. The minimum atomic E-state index is -2.80. The predicted octanol–water partition coefficient (Wildman–Crippen LogP) is 2.22. The molecule has 46 heavy (non-hydrogen) atoms. The Bertz CT molecular complexity index is 1710. The van der Waals surface area contributed by atoms with E-state index in [-0.39, 0.29) is 41.4 Å². The molecule has 1 aromatic carbocycles. The molecule has 6 heterocycles. The molecule has 242 valence electrons. The van der Waals surface area contributed by atoms with Crippen LogP contribution >= 0.6 is 0 Å². The van der Waals surface area contributed by atoms with Gasteiger partial charge in [-0.25, -0.2) is 17.9 Å². The van der Waals surface area contributed by atoms with Crippen molar-refractivity contribution in [2.24, 2.45) is 0 Å². The highest BCUT2D eigenvalue weighted by molar-refractivity contribution is 6.23. The number of benzene rings is 1. The van der Waals surface area contributed by atoms with Crippen LogP contribution < -0.4 is 10.2 Å². The summed E-state index contributed by atoms with van der Waals surface area (Å²) in [5.74, 6) is -3.08. The third kappa shape index (κ3) is 5.34. The lowest BCUT2D eigenvalue weighted by Crippen LogP contribution is -2.54. The zero-order chi connectivity index (χ0) is 32.1. The quantitative estimate of drug-likeness (QED) is 0.386. The highest BCUT2D eigenvalue weighted by atomic mass is 19.3. The van der Waals surface area contributed by atoms with Crippen LogP contribution in [0.2, 0.25) is 0 Å². The molecule has 3 fully saturated rings. The number of halogens is 3. The summed E-state index contributed by atoms with van der Waals surface area (Å²) in [4.78, 5) is 54.9. The van der Waals surface area contributed by atoms with Crippen molar-refractivity contribution in [3.63, 3.8) is 0 Å². The zero-order valence-electron chi connectivity index (χ0n) is 24.7. The maximum absolute atomic E-state index is 15.2. The molecule has 1 atom stereocenters. The molecule has 0 spiro atoms. The van der Waals surface area contributed by atoms with Gasteiger partial charge in [0.05, 0.1) is 42.8 Å². The van der Waals surface area contributed by atoms with Gasteiger partial charge in [-0.05, 0) is 37.0 Å². The van der Waals surface area contributed by atoms with Gasteiger partial charge >= 0.3 is 0 Å². The number of alkyl halides is 2. The normalized spacial score (nSPS) is 21.4. The number of carbonyl (C=O) groups is 4. The Morgan fingerprint density at radius 3 is 2.48 bits per heavy atom. The minimum absolute atomic E-state index is 0.0207. The number of rotatable bonds is 7. The summed E-state index contributed by atoms with van der Waals surface area (Å²) in [6.45, 7) is 3.73. The molecular formula is C30H31F3N8O5. The predicted molar refractivity (Wildman–Crippen MR) is 154 cm³/mol. The topological polar surface area (TPSA) is 135 Å². The molecule has 7 rings (SSSR count). The Morgan fingerprint density at radius 2 is 1.76 bits per heavy atom. The van der Waals surface area contributed by atoms with Gasteiger partial charge in [0.1, 0.15) is 23.4 Å². The van der Waals surface area contributed by atoms with Crippen molar-refractivity contribution in [3.05, 3.63) is 58.8 Å². The maximum Gasteiger partial charge on any atom is 0.284 e. The number of amides is 4. The molecule has 4 amide bonds. The summed E-state index contributed by atoms with van der Waals surface area (Å²) < 4.78 is 52.0. The molecule has 3 aromatic rings. The average Bonchev–Trinajstić information content (AvgIpc) is 3.76. The monoisotopic (exact) mass is 640 g/mol. The summed E-state index contributed by atoms with van der Waals surface area (Å²) in [7, 11) is 0. The average molecular weight is 641 g/mol. The zero-order valence-corrected chi connectivity index (χ0v) is 24.7. The number of anilines is 1. The van der Waals surface area contributed by atoms with Gasteiger partial charge in [-0.3, -0.25) is 39.0 Å². The molecule has 4 aliphatic rings. The van der Waals surface area contributed by atoms with E-state index in [0.29, 0.717) is 70.2 Å². The smallest absolute Gasteiger partial charge is 0.284 e. The molecule has 0 saturated carbocycles. The first-order valence-electron chi connectivity index (χ1n) is 15.2. The number of aromatic nitrogens is 4. The maximum atomic E-state index is 15.2. The summed E-state index contributed by atoms with van der Waals surface area (Å²) >= 11 is 0. The summed E-state index contributed by atoms with van der Waals surface area (Å²) in [5, 5.41) is 10.7. The van der Waals surface area contributed by atoms with Gasteiger partial charge in [-0.15, -0.1) is 0 Å². The Hall–Kier alpha value is -4.57. The van der Waals surface area contributed by atoms with E-state index in [1.165, 1.54) is 16.8 Å². The number of piperidine rings is 2. The van der Waals surface area contributed by atoms with Gasteiger partial charge in [-0.1, -0.05) is 0 Å². The van der Waals surface area contributed by atoms with Crippen LogP contribution in [0.1, 0.15) is 70.1 Å². The largest absolute Gasteiger partial charge is 0.378 e. The van der Waals surface area contributed by atoms with Gasteiger partial charge in [-0.2, -0.15) is 10.2 Å². The number of hydrogen-bond acceptors (Lipinski definition) is 9. The van der Waals surface area contributed by atoms with Crippen molar-refractivity contribution in [2.75, 3.05) is 44.3 Å². The highest BCUT2D eigenvalue weighted by Crippen LogP contribution is 2.33. The fourth-order valence-electron chi connectivity index (χ4n) is 6.71. The molecule has 2 aromatic heterocycles. The van der Waals surface area contributed by atoms with E-state index < -0.39 is 41.9 Å². The van der Waals surface area contributed by atoms with Crippen LogP contribution in [-0.4, -0.2) is 98.4 Å². The second kappa shape index (κ2) is 12.0. The lowest BCUT2D eigenvalue weighted by molar-refractivity contribution is -0.136. The Morgan fingerprint density at radius 1 is 1.00 bits per heavy atom. The van der Waals surface area contributed by atoms with Crippen molar-refractivity contribution < 1.29 is 37.1 Å². The molecule has 0 bridgehead atoms. The molecule has 0 aliphatic carbocycles. The first-order valence-corrected chi connectivity index (χ1v) is 15.2. The number of imide groups is 2. The number of nitrogens with one attached hydrogen (secondary N) is 1. The van der Waals surface area contributed by atoms with Crippen molar-refractivity contribution >= 4 is 29.4 Å². The van der Waals surface area contributed by atoms with Crippen molar-refractivity contribution in [1.29, 1.82) is 0 Å². The van der Waals surface area contributed by atoms with E-state index in [1.54, 1.807) is 23.1 Å². The van der Waals surface area contributed by atoms with Gasteiger partial charge < -0.3 is 9.64 Å². The number of carbonyl (C=O) groups excluding carboxylic acids is 4. The number of likely N-dealkylation sites (tertiary alicyclic amines) is 1. The van der Waals surface area contributed by atoms with Crippen LogP contribution in [0.5, 0.6) is 0 Å². The Labute approximate surface area is 260 Å². The molecular weight excluding hydrogens is 609 g/mol. The van der Waals surface area contributed by atoms with E-state index >= 15 is 4.39 Å². The Kier molecular flexibility index (Phi) is 7.84. The third-order valence-corrected chi connectivity index (χ3v) is 9.02. The molecule has 0 radical (unpaired) electrons. The first kappa shape index (κ1) is 30.1. The van der Waals surface area contributed by atoms with Gasteiger partial charge in [0.25, 0.3) is 18.2 Å². The fourth-order valence-corrected chi connectivity index (χ4v) is 6.71. The number of fused-ring (bicyclic) bond motifs is 1. The second-order valence-corrected chi connectivity index (χ2v) is 11.8. The van der Waals surface area contributed by atoms with Gasteiger partial charge in [0.15, 0.2) is 5.69 Å². The van der Waals surface area contributed by atoms with Crippen LogP contribution in [0.3, 0.4) is 0 Å². The van der Waals surface area contributed by atoms with Gasteiger partial charge in [0.2, 0.25) is 11.8 Å². The van der Waals surface area contributed by atoms with E-state index in [9.17, 15) is 28.0 Å². The molecule has 13 nitrogen and oxygen atoms in total. The summed E-state index contributed by atoms with van der Waals surface area (Å²) in [5.41, 5.74) is -0.131. The lowest BCUT2D eigenvalue weighted by atomic mass is 10.0. The van der Waals surface area contributed by atoms with Crippen LogP contribution in [0.4, 0.5) is 19.0 Å². The van der Waals surface area contributed by atoms with Crippen LogP contribution in [-0.2, 0) is 20.9 Å². The first-order chi connectivity index (χ1) is 22.2. The molecule has 16 heteroatoms. The number of ether oxygens (including phenoxy) is 1. The van der Waals surface area contributed by atoms with Crippen LogP contribution in [0.25, 0.3) is 5.69 Å². The lowest BCUT2D eigenvalue weighted by Gasteiger charge is -2.32. The second-order valence-electron chi connectivity index (χ2n) is 11.8. The molecule has 1 unspecified atom stereocenters. The van der Waals surface area contributed by atoms with Crippen molar-refractivity contribution in [2.45, 2.75) is 50.7 Å². The molecule has 4 aliphatic heterocycles. The van der Waals surface area contributed by atoms with Crippen LogP contribution in [0, 0.1) is 5.82 Å². The van der Waals surface area contributed by atoms with E-state index in [2.05, 4.69) is 20.4 Å². The number of hydrogen-bond donors (Lipinski definition) is 1. The van der Waals surface area contributed by atoms with E-state index in [1.807, 2.05) is 4.90 Å². The summed E-state index contributed by atoms with van der Waals surface area (Å²) in [6, 6.07) is 3.15. The van der Waals surface area contributed by atoms with E-state index in [4.69, 9.17) is 4.74 Å². The standard InChI is InChI=1S/C30H31F3N8O5/c31-20-14-17(13-19-25(20)30(45)40(29(19)44)21-1-2-23(42)35-28(21)43)15-37-7-4-18(5-8-37)39-16-22(26(36-39)27(32)33)41-24(3-6-34-41)38-9-11-46-12-10-38/h3,6,13-14,16,18,21,27H,1-2,4-5,7-12,15H2,(H,35,42,43). The minimum Gasteiger partial charge on any atom is -0.378 e. The number of morpholine rings is 1. The molecule has 3 saturated heterocycles. The third-order valence-electron chi connectivity index (χ3n) is 9.02. The number of nitrogens with zero attached hydrogens (tertiary/aromatic N) is 7. The van der Waals surface area contributed by atoms with Gasteiger partial charge in [0, 0.05) is 45.2 Å². The summed E-state index contributed by atoms with van der Waals surface area (Å²) in [6.07, 6.45) is 1.52. The Balaban J connectivity index is 1.04. The fraction of sp³-hybridized carbons (Fsp3) is 0.467. The van der Waals surface area contributed by atoms with Crippen molar-refractivity contribution in [1.82, 2.24) is 34.7 Å². The highest BCUT2D eigenvalue weighted by Gasteiger charge is 2.46. The van der Waals surface area contributed by atoms with Crippen molar-refractivity contribution in [3.8, 4) is 5.69 Å². The van der Waals surface area contributed by atoms with Crippen LogP contribution in [0.15, 0.2) is 30.6 Å².